The van der Waals surface area contributed by atoms with Crippen LogP contribution in [0.2, 0.25) is 0 Å². The molecule has 1 aromatic heterocycles. The predicted octanol–water partition coefficient (Wildman–Crippen LogP) is 4.23. The molecular formula is C23H35IN4O3S. The molecule has 7 nitrogen and oxygen atoms in total. The van der Waals surface area contributed by atoms with Crippen LogP contribution in [0.25, 0.3) is 0 Å². The van der Waals surface area contributed by atoms with Gasteiger partial charge in [-0.25, -0.2) is 0 Å². The summed E-state index contributed by atoms with van der Waals surface area (Å²) in [6.07, 6.45) is 1.11. The molecule has 0 aliphatic carbocycles. The molecule has 2 unspecified atom stereocenters. The summed E-state index contributed by atoms with van der Waals surface area (Å²) in [7, 11) is 3.49. The normalized spacial score (nSPS) is 18.0. The monoisotopic (exact) mass is 574 g/mol. The summed E-state index contributed by atoms with van der Waals surface area (Å²) in [6, 6.07) is 12.5. The van der Waals surface area contributed by atoms with E-state index >= 15 is 0 Å². The number of hydrogen-bond acceptors (Lipinski definition) is 6. The van der Waals surface area contributed by atoms with Gasteiger partial charge in [0.25, 0.3) is 0 Å². The molecule has 0 spiro atoms. The van der Waals surface area contributed by atoms with E-state index in [1.165, 1.54) is 4.88 Å². The second-order valence-corrected chi connectivity index (χ2v) is 8.49. The fraction of sp³-hybridized carbons (Fsp3) is 0.522. The Morgan fingerprint density at radius 3 is 2.91 bits per heavy atom. The number of anilines is 1. The predicted molar refractivity (Wildman–Crippen MR) is 143 cm³/mol. The average Bonchev–Trinajstić information content (AvgIpc) is 3.31. The van der Waals surface area contributed by atoms with Crippen LogP contribution in [0.5, 0.6) is 5.75 Å². The van der Waals surface area contributed by atoms with Crippen LogP contribution in [0.4, 0.5) is 5.69 Å². The molecule has 2 N–H and O–H groups in total. The molecule has 2 aromatic rings. The number of ether oxygens (including phenoxy) is 3. The van der Waals surface area contributed by atoms with E-state index in [4.69, 9.17) is 14.2 Å². The van der Waals surface area contributed by atoms with E-state index in [0.717, 1.165) is 50.1 Å². The lowest BCUT2D eigenvalue weighted by Gasteiger charge is -2.37. The Hall–Kier alpha value is -1.40. The van der Waals surface area contributed by atoms with Crippen LogP contribution in [-0.4, -0.2) is 70.6 Å². The summed E-state index contributed by atoms with van der Waals surface area (Å²) in [4.78, 5) is 8.26. The number of hydrogen-bond donors (Lipinski definition) is 2. The molecule has 32 heavy (non-hydrogen) atoms. The van der Waals surface area contributed by atoms with E-state index in [2.05, 4.69) is 45.0 Å². The van der Waals surface area contributed by atoms with Crippen LogP contribution in [0, 0.1) is 0 Å². The number of aliphatic imine (C=N–C) groups is 1. The molecule has 0 radical (unpaired) electrons. The molecule has 178 valence electrons. The van der Waals surface area contributed by atoms with Crippen molar-refractivity contribution in [1.29, 1.82) is 0 Å². The lowest BCUT2D eigenvalue weighted by molar-refractivity contribution is -0.0333. The summed E-state index contributed by atoms with van der Waals surface area (Å²) in [5, 5.41) is 9.02. The number of thiophene rings is 1. The second kappa shape index (κ2) is 14.7. The van der Waals surface area contributed by atoms with Gasteiger partial charge < -0.3 is 24.8 Å². The molecule has 0 saturated carbocycles. The van der Waals surface area contributed by atoms with Crippen molar-refractivity contribution in [1.82, 2.24) is 10.2 Å². The Morgan fingerprint density at radius 2 is 2.19 bits per heavy atom. The molecule has 1 aliphatic heterocycles. The fourth-order valence-electron chi connectivity index (χ4n) is 3.59. The van der Waals surface area contributed by atoms with Crippen LogP contribution >= 0.6 is 35.3 Å². The number of nitrogens with zero attached hydrogens (tertiary/aromatic N) is 2. The maximum Gasteiger partial charge on any atom is 0.195 e. The first kappa shape index (κ1) is 26.8. The van der Waals surface area contributed by atoms with E-state index < -0.39 is 0 Å². The van der Waals surface area contributed by atoms with Crippen LogP contribution in [-0.2, 0) is 9.47 Å². The van der Waals surface area contributed by atoms with E-state index in [-0.39, 0.29) is 36.1 Å². The molecule has 2 heterocycles. The lowest BCUT2D eigenvalue weighted by atomic mass is 10.1. The Bertz CT molecular complexity index is 806. The highest BCUT2D eigenvalue weighted by atomic mass is 127. The SMILES string of the molecule is CN=C(NCC(c1cccs1)N1CCOC(C)C1)Nc1cccc(OCCCOC)c1.I. The number of rotatable bonds is 10. The maximum atomic E-state index is 5.80. The highest BCUT2D eigenvalue weighted by Gasteiger charge is 2.26. The molecule has 1 aliphatic rings. The Balaban J connectivity index is 0.00000363. The van der Waals surface area contributed by atoms with Crippen molar-refractivity contribution in [3.8, 4) is 5.75 Å². The molecule has 2 atom stereocenters. The van der Waals surface area contributed by atoms with E-state index in [1.54, 1.807) is 25.5 Å². The summed E-state index contributed by atoms with van der Waals surface area (Å²) in [6.45, 7) is 6.86. The zero-order valence-corrected chi connectivity index (χ0v) is 22.2. The topological polar surface area (TPSA) is 67.4 Å². The van der Waals surface area contributed by atoms with Gasteiger partial charge in [-0.15, -0.1) is 35.3 Å². The van der Waals surface area contributed by atoms with Gasteiger partial charge in [0.2, 0.25) is 0 Å². The molecule has 9 heteroatoms. The average molecular weight is 575 g/mol. The highest BCUT2D eigenvalue weighted by molar-refractivity contribution is 14.0. The lowest BCUT2D eigenvalue weighted by Crippen LogP contribution is -2.47. The van der Waals surface area contributed by atoms with Crippen LogP contribution in [0.15, 0.2) is 46.8 Å². The van der Waals surface area contributed by atoms with E-state index in [0.29, 0.717) is 13.2 Å². The summed E-state index contributed by atoms with van der Waals surface area (Å²) in [5.74, 6) is 1.56. The van der Waals surface area contributed by atoms with Gasteiger partial charge in [0, 0.05) is 63.5 Å². The Labute approximate surface area is 212 Å². The number of guanidine groups is 1. The zero-order valence-electron chi connectivity index (χ0n) is 19.1. The number of benzene rings is 1. The third-order valence-corrected chi connectivity index (χ3v) is 6.10. The molecule has 1 aromatic carbocycles. The Kier molecular flexibility index (Phi) is 12.3. The van der Waals surface area contributed by atoms with Crippen molar-refractivity contribution in [3.05, 3.63) is 46.7 Å². The smallest absolute Gasteiger partial charge is 0.195 e. The summed E-state index contributed by atoms with van der Waals surface area (Å²) < 4.78 is 16.6. The number of methoxy groups -OCH3 is 1. The quantitative estimate of drug-likeness (QED) is 0.192. The van der Waals surface area contributed by atoms with Crippen LogP contribution < -0.4 is 15.4 Å². The van der Waals surface area contributed by atoms with Crippen molar-refractivity contribution >= 4 is 47.0 Å². The van der Waals surface area contributed by atoms with Gasteiger partial charge in [0.1, 0.15) is 5.75 Å². The Morgan fingerprint density at radius 1 is 1.31 bits per heavy atom. The first-order valence-electron chi connectivity index (χ1n) is 10.8. The molecule has 1 fully saturated rings. The number of morpholine rings is 1. The second-order valence-electron chi connectivity index (χ2n) is 7.51. The van der Waals surface area contributed by atoms with Crippen molar-refractivity contribution < 1.29 is 14.2 Å². The standard InChI is InChI=1S/C23H34N4O3S.HI/c1-18-17-27(10-13-29-18)21(22-9-5-14-31-22)16-25-23(24-2)26-19-7-4-8-20(15-19)30-12-6-11-28-3;/h4-5,7-9,14-15,18,21H,6,10-13,16-17H2,1-3H3,(H2,24,25,26);1H. The minimum absolute atomic E-state index is 0. The van der Waals surface area contributed by atoms with Gasteiger partial charge in [0.15, 0.2) is 5.96 Å². The summed E-state index contributed by atoms with van der Waals surface area (Å²) >= 11 is 1.79. The molecule has 3 rings (SSSR count). The van der Waals surface area contributed by atoms with E-state index in [9.17, 15) is 0 Å². The zero-order chi connectivity index (χ0) is 21.9. The van der Waals surface area contributed by atoms with Crippen molar-refractivity contribution in [2.24, 2.45) is 4.99 Å². The van der Waals surface area contributed by atoms with Gasteiger partial charge in [-0.2, -0.15) is 0 Å². The third-order valence-electron chi connectivity index (χ3n) is 5.13. The number of halogens is 1. The highest BCUT2D eigenvalue weighted by Crippen LogP contribution is 2.26. The largest absolute Gasteiger partial charge is 0.493 e. The third kappa shape index (κ3) is 8.51. The molecule has 0 bridgehead atoms. The first-order valence-corrected chi connectivity index (χ1v) is 11.7. The van der Waals surface area contributed by atoms with Gasteiger partial charge in [-0.05, 0) is 30.5 Å². The minimum Gasteiger partial charge on any atom is -0.493 e. The number of nitrogens with one attached hydrogen (secondary N) is 2. The van der Waals surface area contributed by atoms with Gasteiger partial charge >= 0.3 is 0 Å². The molecular weight excluding hydrogens is 539 g/mol. The van der Waals surface area contributed by atoms with Crippen LogP contribution in [0.1, 0.15) is 24.3 Å². The summed E-state index contributed by atoms with van der Waals surface area (Å²) in [5.41, 5.74) is 0.935. The van der Waals surface area contributed by atoms with Crippen molar-refractivity contribution in [3.63, 3.8) is 0 Å². The van der Waals surface area contributed by atoms with Crippen molar-refractivity contribution in [2.75, 3.05) is 58.9 Å². The molecule has 1 saturated heterocycles. The van der Waals surface area contributed by atoms with Gasteiger partial charge in [-0.3, -0.25) is 9.89 Å². The van der Waals surface area contributed by atoms with Gasteiger partial charge in [0.05, 0.1) is 25.4 Å². The van der Waals surface area contributed by atoms with E-state index in [1.807, 2.05) is 24.3 Å². The van der Waals surface area contributed by atoms with Crippen molar-refractivity contribution in [2.45, 2.75) is 25.5 Å². The van der Waals surface area contributed by atoms with Crippen LogP contribution in [0.3, 0.4) is 0 Å². The first-order chi connectivity index (χ1) is 15.2. The van der Waals surface area contributed by atoms with Gasteiger partial charge in [-0.1, -0.05) is 12.1 Å². The maximum absolute atomic E-state index is 5.80. The molecule has 0 amide bonds. The fourth-order valence-corrected chi connectivity index (χ4v) is 4.45. The minimum atomic E-state index is 0.